The van der Waals surface area contributed by atoms with Crippen LogP contribution in [0.1, 0.15) is 18.5 Å². The van der Waals surface area contributed by atoms with Crippen LogP contribution in [0.2, 0.25) is 0 Å². The van der Waals surface area contributed by atoms with E-state index >= 15 is 0 Å². The van der Waals surface area contributed by atoms with E-state index in [1.165, 1.54) is 6.26 Å². The third-order valence-electron chi connectivity index (χ3n) is 1.99. The maximum atomic E-state index is 5.40. The summed E-state index contributed by atoms with van der Waals surface area (Å²) in [6, 6.07) is 0. The molecule has 2 rings (SSSR count). The minimum absolute atomic E-state index is 0.361. The lowest BCUT2D eigenvalue weighted by Gasteiger charge is -2.17. The third-order valence-corrected chi connectivity index (χ3v) is 1.99. The lowest BCUT2D eigenvalue weighted by Crippen LogP contribution is -2.22. The first-order valence-electron chi connectivity index (χ1n) is 4.17. The van der Waals surface area contributed by atoms with Crippen molar-refractivity contribution in [3.8, 4) is 0 Å². The molecule has 0 radical (unpaired) electrons. The van der Waals surface area contributed by atoms with Gasteiger partial charge in [0, 0.05) is 6.54 Å². The zero-order valence-corrected chi connectivity index (χ0v) is 7.45. The molecule has 0 aliphatic carbocycles. The lowest BCUT2D eigenvalue weighted by molar-refractivity contribution is -0.166. The average molecular weight is 184 g/mol. The number of oxazole rings is 1. The van der Waals surface area contributed by atoms with Gasteiger partial charge in [-0.1, -0.05) is 0 Å². The molecule has 0 aromatic carbocycles. The van der Waals surface area contributed by atoms with Crippen LogP contribution in [0.3, 0.4) is 0 Å². The van der Waals surface area contributed by atoms with Crippen molar-refractivity contribution in [1.82, 2.24) is 4.98 Å². The average Bonchev–Trinajstić information content (AvgIpc) is 2.72. The van der Waals surface area contributed by atoms with Crippen molar-refractivity contribution in [3.05, 3.63) is 17.8 Å². The number of hydrogen-bond donors (Lipinski definition) is 1. The summed E-state index contributed by atoms with van der Waals surface area (Å²) in [5.74, 6) is -0.390. The van der Waals surface area contributed by atoms with Gasteiger partial charge in [-0.15, -0.1) is 0 Å². The second-order valence-corrected chi connectivity index (χ2v) is 2.99. The van der Waals surface area contributed by atoms with Gasteiger partial charge in [-0.2, -0.15) is 0 Å². The van der Waals surface area contributed by atoms with Crippen molar-refractivity contribution in [2.45, 2.75) is 19.3 Å². The van der Waals surface area contributed by atoms with Crippen molar-refractivity contribution in [2.24, 2.45) is 5.73 Å². The molecule has 72 valence electrons. The fourth-order valence-electron chi connectivity index (χ4n) is 1.25. The molecule has 2 N–H and O–H groups in total. The summed E-state index contributed by atoms with van der Waals surface area (Å²) >= 11 is 0. The predicted molar refractivity (Wildman–Crippen MR) is 43.7 cm³/mol. The molecule has 0 unspecified atom stereocenters. The number of nitrogens with two attached hydrogens (primary N) is 1. The number of nitrogens with zero attached hydrogens (tertiary/aromatic N) is 1. The molecule has 2 heterocycles. The summed E-state index contributed by atoms with van der Waals surface area (Å²) in [6.45, 7) is 3.28. The molecular formula is C8H12N2O3. The minimum Gasteiger partial charge on any atom is -0.444 e. The van der Waals surface area contributed by atoms with Gasteiger partial charge in [0.05, 0.1) is 18.9 Å². The Kier molecular flexibility index (Phi) is 2.07. The highest BCUT2D eigenvalue weighted by molar-refractivity contribution is 5.00. The minimum atomic E-state index is -0.826. The first-order valence-corrected chi connectivity index (χ1v) is 4.17. The largest absolute Gasteiger partial charge is 0.444 e. The van der Waals surface area contributed by atoms with E-state index in [9.17, 15) is 0 Å². The van der Waals surface area contributed by atoms with Crippen LogP contribution in [-0.4, -0.2) is 18.2 Å². The molecule has 0 bridgehead atoms. The zero-order chi connectivity index (χ0) is 9.31. The Hall–Kier alpha value is -0.910. The maximum absolute atomic E-state index is 5.40. The Balaban J connectivity index is 2.23. The van der Waals surface area contributed by atoms with Crippen LogP contribution in [0.5, 0.6) is 0 Å². The summed E-state index contributed by atoms with van der Waals surface area (Å²) in [6.07, 6.45) is 1.52. The Morgan fingerprint density at radius 3 is 2.77 bits per heavy atom. The van der Waals surface area contributed by atoms with Crippen LogP contribution in [0, 0.1) is 0 Å². The van der Waals surface area contributed by atoms with Gasteiger partial charge in [-0.05, 0) is 6.92 Å². The summed E-state index contributed by atoms with van der Waals surface area (Å²) < 4.78 is 15.9. The standard InChI is InChI=1S/C8H12N2O3/c1-8(12-2-3-13-8)7-10-6(4-9)5-11-7/h5H,2-4,9H2,1H3. The topological polar surface area (TPSA) is 70.5 Å². The first kappa shape index (κ1) is 8.68. The molecule has 13 heavy (non-hydrogen) atoms. The fraction of sp³-hybridized carbons (Fsp3) is 0.625. The molecule has 1 aliphatic rings. The van der Waals surface area contributed by atoms with Crippen LogP contribution in [0.4, 0.5) is 0 Å². The summed E-state index contributed by atoms with van der Waals surface area (Å²) in [5, 5.41) is 0. The number of aromatic nitrogens is 1. The van der Waals surface area contributed by atoms with Crippen molar-refractivity contribution in [3.63, 3.8) is 0 Å². The van der Waals surface area contributed by atoms with E-state index in [1.54, 1.807) is 6.92 Å². The van der Waals surface area contributed by atoms with E-state index in [1.807, 2.05) is 0 Å². The van der Waals surface area contributed by atoms with Crippen molar-refractivity contribution in [1.29, 1.82) is 0 Å². The SMILES string of the molecule is CC1(c2nc(CN)co2)OCCO1. The van der Waals surface area contributed by atoms with Crippen LogP contribution in [0.15, 0.2) is 10.7 Å². The molecule has 1 aromatic heterocycles. The van der Waals surface area contributed by atoms with E-state index < -0.39 is 5.79 Å². The van der Waals surface area contributed by atoms with Crippen LogP contribution in [0.25, 0.3) is 0 Å². The highest BCUT2D eigenvalue weighted by Crippen LogP contribution is 2.29. The van der Waals surface area contributed by atoms with Gasteiger partial charge in [0.15, 0.2) is 0 Å². The molecule has 1 aliphatic heterocycles. The van der Waals surface area contributed by atoms with Crippen molar-refractivity contribution >= 4 is 0 Å². The van der Waals surface area contributed by atoms with E-state index in [2.05, 4.69) is 4.98 Å². The van der Waals surface area contributed by atoms with E-state index in [0.717, 1.165) is 0 Å². The predicted octanol–water partition coefficient (Wildman–Crippen LogP) is 0.353. The molecule has 0 atom stereocenters. The van der Waals surface area contributed by atoms with Gasteiger partial charge < -0.3 is 19.6 Å². The van der Waals surface area contributed by atoms with Gasteiger partial charge >= 0.3 is 0 Å². The second-order valence-electron chi connectivity index (χ2n) is 2.99. The molecule has 1 fully saturated rings. The monoisotopic (exact) mass is 184 g/mol. The fourth-order valence-corrected chi connectivity index (χ4v) is 1.25. The molecule has 0 amide bonds. The molecule has 1 aromatic rings. The summed E-state index contributed by atoms with van der Waals surface area (Å²) in [7, 11) is 0. The highest BCUT2D eigenvalue weighted by atomic mass is 16.7. The molecular weight excluding hydrogens is 172 g/mol. The summed E-state index contributed by atoms with van der Waals surface area (Å²) in [5.41, 5.74) is 6.10. The van der Waals surface area contributed by atoms with Crippen LogP contribution < -0.4 is 5.73 Å². The van der Waals surface area contributed by atoms with Gasteiger partial charge in [-0.3, -0.25) is 0 Å². The molecule has 1 saturated heterocycles. The number of hydrogen-bond acceptors (Lipinski definition) is 5. The second kappa shape index (κ2) is 3.10. The van der Waals surface area contributed by atoms with Gasteiger partial charge in [0.25, 0.3) is 5.89 Å². The normalized spacial score (nSPS) is 20.8. The molecule has 5 heteroatoms. The molecule has 5 nitrogen and oxygen atoms in total. The van der Waals surface area contributed by atoms with E-state index in [4.69, 9.17) is 19.6 Å². The lowest BCUT2D eigenvalue weighted by atomic mass is 10.3. The van der Waals surface area contributed by atoms with E-state index in [-0.39, 0.29) is 0 Å². The maximum Gasteiger partial charge on any atom is 0.255 e. The van der Waals surface area contributed by atoms with Crippen molar-refractivity contribution in [2.75, 3.05) is 13.2 Å². The van der Waals surface area contributed by atoms with Gasteiger partial charge in [0.2, 0.25) is 5.79 Å². The third kappa shape index (κ3) is 1.46. The number of ether oxygens (including phenoxy) is 2. The van der Waals surface area contributed by atoms with Crippen LogP contribution in [-0.2, 0) is 21.8 Å². The van der Waals surface area contributed by atoms with E-state index in [0.29, 0.717) is 31.3 Å². The molecule has 0 spiro atoms. The highest BCUT2D eigenvalue weighted by Gasteiger charge is 2.38. The smallest absolute Gasteiger partial charge is 0.255 e. The van der Waals surface area contributed by atoms with Crippen LogP contribution >= 0.6 is 0 Å². The number of rotatable bonds is 2. The Morgan fingerprint density at radius 2 is 2.23 bits per heavy atom. The van der Waals surface area contributed by atoms with Gasteiger partial charge in [0.1, 0.15) is 6.26 Å². The quantitative estimate of drug-likeness (QED) is 0.718. The zero-order valence-electron chi connectivity index (χ0n) is 7.45. The Morgan fingerprint density at radius 1 is 1.54 bits per heavy atom. The van der Waals surface area contributed by atoms with Gasteiger partial charge in [-0.25, -0.2) is 4.98 Å². The Labute approximate surface area is 75.8 Å². The molecule has 0 saturated carbocycles. The first-order chi connectivity index (χ1) is 6.24. The Bertz CT molecular complexity index is 291. The summed E-state index contributed by atoms with van der Waals surface area (Å²) in [4.78, 5) is 4.14. The van der Waals surface area contributed by atoms with Crippen molar-refractivity contribution < 1.29 is 13.9 Å².